The van der Waals surface area contributed by atoms with Crippen LogP contribution in [0.25, 0.3) is 10.9 Å². The van der Waals surface area contributed by atoms with E-state index in [4.69, 9.17) is 14.5 Å². The van der Waals surface area contributed by atoms with Gasteiger partial charge in [0.1, 0.15) is 17.9 Å². The first-order valence-electron chi connectivity index (χ1n) is 14.7. The lowest BCUT2D eigenvalue weighted by Crippen LogP contribution is -2.53. The summed E-state index contributed by atoms with van der Waals surface area (Å²) in [5, 5.41) is 3.40. The summed E-state index contributed by atoms with van der Waals surface area (Å²) in [5.41, 5.74) is 3.60. The van der Waals surface area contributed by atoms with Crippen LogP contribution in [0.3, 0.4) is 0 Å². The zero-order chi connectivity index (χ0) is 28.8. The van der Waals surface area contributed by atoms with E-state index in [0.29, 0.717) is 25.2 Å². The number of amides is 3. The molecule has 218 valence electrons. The minimum Gasteiger partial charge on any atom is -0.489 e. The zero-order valence-corrected chi connectivity index (χ0v) is 23.6. The standard InChI is InChI=1S/C31H34N6O5/c1-19-25-15-22(3-4-24(25)30(40)37(19)27-6-7-28(38)34-29(27)39)42-23-8-9-35(18-23)17-20-2-5-26-21(14-20)16-32-31(33-26)36-10-12-41-13-11-36/h2-5,14-16,19,23,27H,6-13,17-18H2,1H3,(H,34,38,39)/t19-,23+,27+/m1/s1. The van der Waals surface area contributed by atoms with E-state index < -0.39 is 11.9 Å². The third-order valence-electron chi connectivity index (χ3n) is 8.76. The van der Waals surface area contributed by atoms with Crippen LogP contribution in [0.4, 0.5) is 5.95 Å². The Labute approximate surface area is 243 Å². The molecule has 4 aliphatic heterocycles. The molecule has 3 aromatic rings. The monoisotopic (exact) mass is 570 g/mol. The maximum Gasteiger partial charge on any atom is 0.255 e. The smallest absolute Gasteiger partial charge is 0.255 e. The Morgan fingerprint density at radius 3 is 2.74 bits per heavy atom. The van der Waals surface area contributed by atoms with E-state index in [1.807, 2.05) is 25.3 Å². The molecular weight excluding hydrogens is 536 g/mol. The van der Waals surface area contributed by atoms with Crippen molar-refractivity contribution in [2.24, 2.45) is 0 Å². The number of hydrogen-bond acceptors (Lipinski definition) is 9. The number of nitrogens with zero attached hydrogens (tertiary/aromatic N) is 5. The quantitative estimate of drug-likeness (QED) is 0.446. The Morgan fingerprint density at radius 2 is 1.90 bits per heavy atom. The number of ether oxygens (including phenoxy) is 2. The number of anilines is 1. The van der Waals surface area contributed by atoms with Gasteiger partial charge in [-0.25, -0.2) is 9.97 Å². The Hall–Kier alpha value is -4.09. The average Bonchev–Trinajstić information content (AvgIpc) is 3.54. The molecule has 1 aromatic heterocycles. The summed E-state index contributed by atoms with van der Waals surface area (Å²) < 4.78 is 11.8. The number of aromatic nitrogens is 2. The fourth-order valence-corrected chi connectivity index (χ4v) is 6.55. The van der Waals surface area contributed by atoms with Gasteiger partial charge in [0.15, 0.2) is 0 Å². The van der Waals surface area contributed by atoms with Crippen molar-refractivity contribution in [3.8, 4) is 5.75 Å². The highest BCUT2D eigenvalue weighted by molar-refractivity contribution is 6.05. The van der Waals surface area contributed by atoms with Crippen LogP contribution in [-0.2, 0) is 20.9 Å². The summed E-state index contributed by atoms with van der Waals surface area (Å²) in [6.07, 6.45) is 3.44. The van der Waals surface area contributed by atoms with Crippen molar-refractivity contribution in [3.63, 3.8) is 0 Å². The number of fused-ring (bicyclic) bond motifs is 2. The maximum atomic E-state index is 13.2. The number of likely N-dealkylation sites (tertiary alicyclic amines) is 1. The van der Waals surface area contributed by atoms with E-state index in [1.165, 1.54) is 5.56 Å². The number of imide groups is 1. The van der Waals surface area contributed by atoms with E-state index in [2.05, 4.69) is 38.3 Å². The minimum atomic E-state index is -0.640. The van der Waals surface area contributed by atoms with Crippen LogP contribution in [0.1, 0.15) is 53.7 Å². The van der Waals surface area contributed by atoms with Crippen molar-refractivity contribution < 1.29 is 23.9 Å². The first-order valence-corrected chi connectivity index (χ1v) is 14.7. The predicted octanol–water partition coefficient (Wildman–Crippen LogP) is 2.44. The molecule has 7 rings (SSSR count). The van der Waals surface area contributed by atoms with Crippen LogP contribution in [0.15, 0.2) is 42.6 Å². The molecule has 5 heterocycles. The summed E-state index contributed by atoms with van der Waals surface area (Å²) >= 11 is 0. The summed E-state index contributed by atoms with van der Waals surface area (Å²) in [7, 11) is 0. The van der Waals surface area contributed by atoms with E-state index >= 15 is 0 Å². The van der Waals surface area contributed by atoms with Gasteiger partial charge in [-0.3, -0.25) is 24.6 Å². The summed E-state index contributed by atoms with van der Waals surface area (Å²) in [4.78, 5) is 52.8. The van der Waals surface area contributed by atoms with Gasteiger partial charge in [0.25, 0.3) is 5.91 Å². The molecule has 0 aliphatic carbocycles. The lowest BCUT2D eigenvalue weighted by Gasteiger charge is -2.32. The van der Waals surface area contributed by atoms with Gasteiger partial charge in [-0.2, -0.15) is 0 Å². The number of morpholine rings is 1. The molecule has 0 saturated carbocycles. The summed E-state index contributed by atoms with van der Waals surface area (Å²) in [5.74, 6) is 0.612. The molecule has 3 saturated heterocycles. The van der Waals surface area contributed by atoms with Crippen LogP contribution in [0, 0.1) is 0 Å². The number of hydrogen-bond donors (Lipinski definition) is 1. The van der Waals surface area contributed by atoms with Crippen molar-refractivity contribution in [1.29, 1.82) is 0 Å². The van der Waals surface area contributed by atoms with Crippen LogP contribution < -0.4 is 15.0 Å². The second-order valence-electron chi connectivity index (χ2n) is 11.5. The molecule has 3 fully saturated rings. The molecule has 0 bridgehead atoms. The largest absolute Gasteiger partial charge is 0.489 e. The van der Waals surface area contributed by atoms with Crippen LogP contribution in [0.5, 0.6) is 5.75 Å². The van der Waals surface area contributed by atoms with E-state index in [9.17, 15) is 14.4 Å². The van der Waals surface area contributed by atoms with Gasteiger partial charge in [0, 0.05) is 56.3 Å². The molecule has 3 amide bonds. The normalized spacial score (nSPS) is 24.8. The van der Waals surface area contributed by atoms with Gasteiger partial charge < -0.3 is 19.3 Å². The van der Waals surface area contributed by atoms with Crippen LogP contribution in [-0.4, -0.2) is 89.0 Å². The lowest BCUT2D eigenvalue weighted by atomic mass is 10.0. The van der Waals surface area contributed by atoms with Crippen LogP contribution in [0.2, 0.25) is 0 Å². The van der Waals surface area contributed by atoms with Crippen molar-refractivity contribution in [2.75, 3.05) is 44.3 Å². The number of nitrogens with one attached hydrogen (secondary N) is 1. The molecule has 11 nitrogen and oxygen atoms in total. The molecule has 4 aliphatic rings. The number of rotatable bonds is 6. The van der Waals surface area contributed by atoms with E-state index in [0.717, 1.165) is 67.3 Å². The lowest BCUT2D eigenvalue weighted by molar-refractivity contribution is -0.137. The number of carbonyl (C=O) groups excluding carboxylic acids is 3. The van der Waals surface area contributed by atoms with Crippen LogP contribution >= 0.6 is 0 Å². The summed E-state index contributed by atoms with van der Waals surface area (Å²) in [6, 6.07) is 11.0. The molecule has 3 atom stereocenters. The van der Waals surface area contributed by atoms with Gasteiger partial charge in [0.2, 0.25) is 17.8 Å². The molecule has 11 heteroatoms. The Kier molecular flexibility index (Phi) is 6.99. The predicted molar refractivity (Wildman–Crippen MR) is 154 cm³/mol. The highest BCUT2D eigenvalue weighted by Crippen LogP contribution is 2.38. The van der Waals surface area contributed by atoms with Gasteiger partial charge in [-0.15, -0.1) is 0 Å². The molecule has 0 radical (unpaired) electrons. The van der Waals surface area contributed by atoms with Crippen molar-refractivity contribution in [2.45, 2.75) is 50.9 Å². The number of carbonyl (C=O) groups is 3. The Bertz CT molecular complexity index is 1560. The first kappa shape index (κ1) is 26.8. The SMILES string of the molecule is C[C@@H]1c2cc(O[C@H]3CCN(Cc4ccc5nc(N6CCOCC6)ncc5c4)C3)ccc2C(=O)N1[C@H]1CCC(=O)NC1=O. The fraction of sp³-hybridized carbons (Fsp3) is 0.452. The first-order chi connectivity index (χ1) is 20.4. The van der Waals surface area contributed by atoms with Crippen molar-refractivity contribution in [1.82, 2.24) is 25.1 Å². The van der Waals surface area contributed by atoms with Gasteiger partial charge in [-0.1, -0.05) is 6.07 Å². The Balaban J connectivity index is 0.977. The molecule has 0 unspecified atom stereocenters. The second kappa shape index (κ2) is 11.0. The van der Waals surface area contributed by atoms with E-state index in [1.54, 1.807) is 11.0 Å². The number of benzene rings is 2. The van der Waals surface area contributed by atoms with Crippen molar-refractivity contribution >= 4 is 34.6 Å². The maximum absolute atomic E-state index is 13.2. The third kappa shape index (κ3) is 5.07. The highest BCUT2D eigenvalue weighted by Gasteiger charge is 2.43. The molecule has 42 heavy (non-hydrogen) atoms. The second-order valence-corrected chi connectivity index (χ2v) is 11.5. The fourth-order valence-electron chi connectivity index (χ4n) is 6.55. The van der Waals surface area contributed by atoms with Gasteiger partial charge >= 0.3 is 0 Å². The molecule has 2 aromatic carbocycles. The van der Waals surface area contributed by atoms with E-state index in [-0.39, 0.29) is 30.4 Å². The number of piperidine rings is 1. The molecular formula is C31H34N6O5. The summed E-state index contributed by atoms with van der Waals surface area (Å²) in [6.45, 7) is 7.50. The zero-order valence-electron chi connectivity index (χ0n) is 23.6. The highest BCUT2D eigenvalue weighted by atomic mass is 16.5. The minimum absolute atomic E-state index is 0.0431. The topological polar surface area (TPSA) is 117 Å². The average molecular weight is 571 g/mol. The molecule has 1 N–H and O–H groups in total. The molecule has 0 spiro atoms. The van der Waals surface area contributed by atoms with Crippen molar-refractivity contribution in [3.05, 3.63) is 59.3 Å². The van der Waals surface area contributed by atoms with Gasteiger partial charge in [0.05, 0.1) is 24.8 Å². The Morgan fingerprint density at radius 1 is 1.05 bits per heavy atom. The van der Waals surface area contributed by atoms with Gasteiger partial charge in [-0.05, 0) is 61.2 Å². The third-order valence-corrected chi connectivity index (χ3v) is 8.76.